The molecule has 10 heteroatoms. The molecular weight excluding hydrogens is 364 g/mol. The van der Waals surface area contributed by atoms with Crippen molar-refractivity contribution in [3.8, 4) is 17.2 Å². The third-order valence-corrected chi connectivity index (χ3v) is 3.72. The summed E-state index contributed by atoms with van der Waals surface area (Å²) in [7, 11) is 1.50. The van der Waals surface area contributed by atoms with Crippen LogP contribution in [0.4, 0.5) is 11.7 Å². The summed E-state index contributed by atoms with van der Waals surface area (Å²) in [4.78, 5) is 22.5. The van der Waals surface area contributed by atoms with Gasteiger partial charge in [-0.3, -0.25) is 20.2 Å². The zero-order chi connectivity index (χ0) is 18.7. The van der Waals surface area contributed by atoms with E-state index in [9.17, 15) is 14.9 Å². The summed E-state index contributed by atoms with van der Waals surface area (Å²) in [5, 5.41) is 20.9. The Morgan fingerprint density at radius 3 is 2.77 bits per heavy atom. The lowest BCUT2D eigenvalue weighted by atomic mass is 10.2. The highest BCUT2D eigenvalue weighted by molar-refractivity contribution is 6.34. The molecule has 0 saturated heterocycles. The summed E-state index contributed by atoms with van der Waals surface area (Å²) >= 11 is 5.94. The van der Waals surface area contributed by atoms with Crippen LogP contribution in [0.25, 0.3) is 11.5 Å². The molecule has 0 saturated carbocycles. The second kappa shape index (κ2) is 7.19. The monoisotopic (exact) mass is 374 g/mol. The standard InChI is InChI=1S/C16H11ClN4O5/c1-25-13-5-3-2-4-10(13)15-19-20-16(26-15)18-14(22)11-8-9(21(23)24)6-7-12(11)17/h2-8H,1H3,(H,18,20,22). The van der Waals surface area contributed by atoms with Gasteiger partial charge in [0.2, 0.25) is 0 Å². The van der Waals surface area contributed by atoms with Gasteiger partial charge in [0, 0.05) is 12.1 Å². The number of nitrogens with one attached hydrogen (secondary N) is 1. The van der Waals surface area contributed by atoms with Crippen LogP contribution >= 0.6 is 11.6 Å². The van der Waals surface area contributed by atoms with E-state index in [4.69, 9.17) is 20.8 Å². The molecule has 1 amide bonds. The Balaban J connectivity index is 1.85. The van der Waals surface area contributed by atoms with E-state index in [0.29, 0.717) is 11.3 Å². The molecule has 9 nitrogen and oxygen atoms in total. The molecule has 0 atom stereocenters. The van der Waals surface area contributed by atoms with Crippen LogP contribution in [-0.2, 0) is 0 Å². The van der Waals surface area contributed by atoms with E-state index in [0.717, 1.165) is 6.07 Å². The molecule has 132 valence electrons. The van der Waals surface area contributed by atoms with Crippen molar-refractivity contribution in [3.63, 3.8) is 0 Å². The van der Waals surface area contributed by atoms with Crippen molar-refractivity contribution in [1.29, 1.82) is 0 Å². The molecular formula is C16H11ClN4O5. The first kappa shape index (κ1) is 17.4. The Labute approximate surface area is 151 Å². The van der Waals surface area contributed by atoms with Crippen LogP contribution < -0.4 is 10.1 Å². The first-order valence-electron chi connectivity index (χ1n) is 7.22. The van der Waals surface area contributed by atoms with Gasteiger partial charge in [-0.15, -0.1) is 5.10 Å². The van der Waals surface area contributed by atoms with E-state index in [1.54, 1.807) is 24.3 Å². The Morgan fingerprint density at radius 1 is 1.27 bits per heavy atom. The fraction of sp³-hybridized carbons (Fsp3) is 0.0625. The molecule has 0 aliphatic heterocycles. The molecule has 0 radical (unpaired) electrons. The van der Waals surface area contributed by atoms with Crippen LogP contribution in [0.5, 0.6) is 5.75 Å². The number of amides is 1. The maximum Gasteiger partial charge on any atom is 0.322 e. The van der Waals surface area contributed by atoms with Crippen molar-refractivity contribution >= 4 is 29.2 Å². The molecule has 1 heterocycles. The zero-order valence-corrected chi connectivity index (χ0v) is 14.1. The summed E-state index contributed by atoms with van der Waals surface area (Å²) in [6, 6.07) is 10.3. The highest BCUT2D eigenvalue weighted by Crippen LogP contribution is 2.29. The second-order valence-electron chi connectivity index (χ2n) is 4.99. The predicted molar refractivity (Wildman–Crippen MR) is 92.3 cm³/mol. The maximum atomic E-state index is 12.3. The van der Waals surface area contributed by atoms with E-state index in [1.807, 2.05) is 0 Å². The number of methoxy groups -OCH3 is 1. The first-order valence-corrected chi connectivity index (χ1v) is 7.59. The number of rotatable bonds is 5. The molecule has 0 fully saturated rings. The SMILES string of the molecule is COc1ccccc1-c1nnc(NC(=O)c2cc([N+](=O)[O-])ccc2Cl)o1. The fourth-order valence-electron chi connectivity index (χ4n) is 2.17. The Hall–Kier alpha value is -3.46. The number of hydrogen-bond acceptors (Lipinski definition) is 7. The van der Waals surface area contributed by atoms with E-state index < -0.39 is 10.8 Å². The molecule has 1 aromatic heterocycles. The van der Waals surface area contributed by atoms with Gasteiger partial charge in [-0.25, -0.2) is 0 Å². The van der Waals surface area contributed by atoms with Gasteiger partial charge in [-0.1, -0.05) is 28.8 Å². The molecule has 3 aromatic rings. The molecule has 0 spiro atoms. The number of nitrogens with zero attached hydrogens (tertiary/aromatic N) is 3. The number of para-hydroxylation sites is 1. The van der Waals surface area contributed by atoms with Gasteiger partial charge in [0.25, 0.3) is 17.5 Å². The smallest absolute Gasteiger partial charge is 0.322 e. The third-order valence-electron chi connectivity index (χ3n) is 3.39. The van der Waals surface area contributed by atoms with Gasteiger partial charge < -0.3 is 9.15 Å². The third kappa shape index (κ3) is 3.47. The molecule has 0 bridgehead atoms. The normalized spacial score (nSPS) is 10.4. The lowest BCUT2D eigenvalue weighted by Gasteiger charge is -2.04. The van der Waals surface area contributed by atoms with Crippen molar-refractivity contribution < 1.29 is 18.9 Å². The molecule has 0 aliphatic rings. The van der Waals surface area contributed by atoms with Crippen molar-refractivity contribution in [2.45, 2.75) is 0 Å². The van der Waals surface area contributed by atoms with Crippen LogP contribution in [0.3, 0.4) is 0 Å². The maximum absolute atomic E-state index is 12.3. The highest BCUT2D eigenvalue weighted by atomic mass is 35.5. The Bertz CT molecular complexity index is 988. The van der Waals surface area contributed by atoms with Gasteiger partial charge in [0.15, 0.2) is 0 Å². The number of anilines is 1. The average Bonchev–Trinajstić information content (AvgIpc) is 3.10. The number of ether oxygens (including phenoxy) is 1. The van der Waals surface area contributed by atoms with E-state index in [-0.39, 0.29) is 28.2 Å². The van der Waals surface area contributed by atoms with E-state index in [1.165, 1.54) is 19.2 Å². The molecule has 0 aliphatic carbocycles. The topological polar surface area (TPSA) is 120 Å². The first-order chi connectivity index (χ1) is 12.5. The summed E-state index contributed by atoms with van der Waals surface area (Å²) in [6.45, 7) is 0. The van der Waals surface area contributed by atoms with Crippen molar-refractivity contribution in [3.05, 3.63) is 63.2 Å². The minimum absolute atomic E-state index is 0.0533. The lowest BCUT2D eigenvalue weighted by molar-refractivity contribution is -0.384. The lowest BCUT2D eigenvalue weighted by Crippen LogP contribution is -2.13. The van der Waals surface area contributed by atoms with Gasteiger partial charge in [-0.2, -0.15) is 0 Å². The fourth-order valence-corrected chi connectivity index (χ4v) is 2.37. The summed E-state index contributed by atoms with van der Waals surface area (Å²) in [5.41, 5.74) is 0.203. The quantitative estimate of drug-likeness (QED) is 0.535. The average molecular weight is 375 g/mol. The highest BCUT2D eigenvalue weighted by Gasteiger charge is 2.19. The van der Waals surface area contributed by atoms with Crippen LogP contribution in [-0.4, -0.2) is 28.1 Å². The van der Waals surface area contributed by atoms with E-state index >= 15 is 0 Å². The molecule has 26 heavy (non-hydrogen) atoms. The number of halogens is 1. The van der Waals surface area contributed by atoms with Crippen LogP contribution in [0.2, 0.25) is 5.02 Å². The summed E-state index contributed by atoms with van der Waals surface area (Å²) in [6.07, 6.45) is 0. The number of nitro benzene ring substituents is 1. The number of carbonyl (C=O) groups is 1. The number of nitro groups is 1. The van der Waals surface area contributed by atoms with E-state index in [2.05, 4.69) is 15.5 Å². The predicted octanol–water partition coefficient (Wildman–Crippen LogP) is 3.56. The number of non-ortho nitro benzene ring substituents is 1. The summed E-state index contributed by atoms with van der Waals surface area (Å²) < 4.78 is 10.6. The molecule has 3 rings (SSSR count). The van der Waals surface area contributed by atoms with Gasteiger partial charge >= 0.3 is 6.01 Å². The molecule has 2 aromatic carbocycles. The summed E-state index contributed by atoms with van der Waals surface area (Å²) in [5.74, 6) is -0.0485. The minimum atomic E-state index is -0.714. The Morgan fingerprint density at radius 2 is 2.04 bits per heavy atom. The van der Waals surface area contributed by atoms with Crippen molar-refractivity contribution in [2.75, 3.05) is 12.4 Å². The number of benzene rings is 2. The van der Waals surface area contributed by atoms with Crippen LogP contribution in [0.15, 0.2) is 46.9 Å². The number of hydrogen-bond donors (Lipinski definition) is 1. The van der Waals surface area contributed by atoms with Crippen molar-refractivity contribution in [1.82, 2.24) is 10.2 Å². The second-order valence-corrected chi connectivity index (χ2v) is 5.40. The minimum Gasteiger partial charge on any atom is -0.496 e. The largest absolute Gasteiger partial charge is 0.496 e. The van der Waals surface area contributed by atoms with Gasteiger partial charge in [0.05, 0.1) is 28.2 Å². The number of carbonyl (C=O) groups excluding carboxylic acids is 1. The van der Waals surface area contributed by atoms with Gasteiger partial charge in [0.1, 0.15) is 5.75 Å². The number of aromatic nitrogens is 2. The molecule has 1 N–H and O–H groups in total. The molecule has 0 unspecified atom stereocenters. The van der Waals surface area contributed by atoms with Crippen LogP contribution in [0.1, 0.15) is 10.4 Å². The van der Waals surface area contributed by atoms with Crippen LogP contribution in [0, 0.1) is 10.1 Å². The van der Waals surface area contributed by atoms with Crippen molar-refractivity contribution in [2.24, 2.45) is 0 Å². The zero-order valence-electron chi connectivity index (χ0n) is 13.3. The van der Waals surface area contributed by atoms with Gasteiger partial charge in [-0.05, 0) is 18.2 Å². The Kier molecular flexibility index (Phi) is 4.81.